The second-order valence-corrected chi connectivity index (χ2v) is 4.96. The highest BCUT2D eigenvalue weighted by Gasteiger charge is 2.59. The van der Waals surface area contributed by atoms with Crippen molar-refractivity contribution in [1.82, 2.24) is 5.32 Å². The molecule has 0 bridgehead atoms. The van der Waals surface area contributed by atoms with E-state index in [0.717, 1.165) is 0 Å². The third kappa shape index (κ3) is 1.14. The molecule has 0 amide bonds. The largest absolute Gasteiger partial charge is 0.390 e. The van der Waals surface area contributed by atoms with E-state index in [1.54, 1.807) is 0 Å². The Kier molecular flexibility index (Phi) is 1.56. The molecule has 3 heteroatoms. The molecule has 0 aromatic heterocycles. The first-order valence-corrected chi connectivity index (χ1v) is 5.34. The Bertz CT molecular complexity index is 223. The van der Waals surface area contributed by atoms with Crippen LogP contribution in [0.5, 0.6) is 0 Å². The van der Waals surface area contributed by atoms with E-state index in [4.69, 9.17) is 0 Å². The van der Waals surface area contributed by atoms with Crippen molar-refractivity contribution in [1.29, 1.82) is 0 Å². The van der Waals surface area contributed by atoms with E-state index >= 15 is 0 Å². The van der Waals surface area contributed by atoms with Crippen LogP contribution in [0.15, 0.2) is 0 Å². The molecule has 3 N–H and O–H groups in total. The van der Waals surface area contributed by atoms with Crippen LogP contribution in [0, 0.1) is 11.8 Å². The zero-order valence-electron chi connectivity index (χ0n) is 7.74. The molecule has 0 radical (unpaired) electrons. The van der Waals surface area contributed by atoms with Crippen molar-refractivity contribution in [2.24, 2.45) is 11.8 Å². The van der Waals surface area contributed by atoms with Crippen LogP contribution >= 0.6 is 0 Å². The van der Waals surface area contributed by atoms with E-state index in [-0.39, 0.29) is 5.54 Å². The average Bonchev–Trinajstić information content (AvgIpc) is 2.94. The fourth-order valence-electron chi connectivity index (χ4n) is 2.94. The average molecular weight is 183 g/mol. The number of rotatable bonds is 1. The summed E-state index contributed by atoms with van der Waals surface area (Å²) in [6.07, 6.45) is 3.86. The van der Waals surface area contributed by atoms with Crippen molar-refractivity contribution in [3.63, 3.8) is 0 Å². The summed E-state index contributed by atoms with van der Waals surface area (Å²) in [5.74, 6) is 1.01. The molecule has 3 nitrogen and oxygen atoms in total. The molecule has 13 heavy (non-hydrogen) atoms. The molecular weight excluding hydrogens is 166 g/mol. The first-order valence-electron chi connectivity index (χ1n) is 5.34. The Morgan fingerprint density at radius 2 is 1.85 bits per heavy atom. The summed E-state index contributed by atoms with van der Waals surface area (Å²) in [5, 5.41) is 22.9. The first-order chi connectivity index (χ1) is 6.23. The van der Waals surface area contributed by atoms with Crippen LogP contribution in [0.25, 0.3) is 0 Å². The van der Waals surface area contributed by atoms with Crippen LogP contribution in [-0.4, -0.2) is 34.5 Å². The van der Waals surface area contributed by atoms with E-state index < -0.39 is 12.2 Å². The molecule has 1 spiro atoms. The molecule has 3 fully saturated rings. The summed E-state index contributed by atoms with van der Waals surface area (Å²) >= 11 is 0. The number of piperidine rings is 1. The summed E-state index contributed by atoms with van der Waals surface area (Å²) < 4.78 is 0. The van der Waals surface area contributed by atoms with Crippen molar-refractivity contribution in [2.75, 3.05) is 6.54 Å². The number of β-amino-alcohol motifs (C(OH)–C–C–N with tert-alkyl or cyclic N) is 1. The van der Waals surface area contributed by atoms with Crippen molar-refractivity contribution in [2.45, 2.75) is 43.4 Å². The zero-order chi connectivity index (χ0) is 9.05. The van der Waals surface area contributed by atoms with Crippen LogP contribution in [0.1, 0.15) is 25.7 Å². The monoisotopic (exact) mass is 183 g/mol. The SMILES string of the molecule is O[C@H]1[C@H](O)CNC2(CC2)[C@@H]1C1CC1. The van der Waals surface area contributed by atoms with Gasteiger partial charge in [-0.3, -0.25) is 0 Å². The Labute approximate surface area is 78.1 Å². The summed E-state index contributed by atoms with van der Waals surface area (Å²) in [4.78, 5) is 0. The van der Waals surface area contributed by atoms with Gasteiger partial charge in [-0.15, -0.1) is 0 Å². The predicted molar refractivity (Wildman–Crippen MR) is 48.2 cm³/mol. The van der Waals surface area contributed by atoms with E-state index in [1.165, 1.54) is 25.7 Å². The third-order valence-electron chi connectivity index (χ3n) is 3.98. The summed E-state index contributed by atoms with van der Waals surface area (Å²) in [6, 6.07) is 0. The molecule has 74 valence electrons. The second kappa shape index (κ2) is 2.47. The van der Waals surface area contributed by atoms with E-state index in [2.05, 4.69) is 5.32 Å². The van der Waals surface area contributed by atoms with Gasteiger partial charge in [0.2, 0.25) is 0 Å². The molecule has 2 aliphatic carbocycles. The molecule has 0 aromatic carbocycles. The van der Waals surface area contributed by atoms with Crippen molar-refractivity contribution >= 4 is 0 Å². The summed E-state index contributed by atoms with van der Waals surface area (Å²) in [6.45, 7) is 0.574. The molecule has 0 aromatic rings. The Balaban J connectivity index is 1.83. The molecular formula is C10H17NO2. The topological polar surface area (TPSA) is 52.5 Å². The number of aliphatic hydroxyl groups is 2. The van der Waals surface area contributed by atoms with Gasteiger partial charge in [-0.1, -0.05) is 0 Å². The molecule has 3 rings (SSSR count). The lowest BCUT2D eigenvalue weighted by Crippen LogP contribution is -2.58. The van der Waals surface area contributed by atoms with E-state index in [0.29, 0.717) is 18.4 Å². The van der Waals surface area contributed by atoms with Gasteiger partial charge < -0.3 is 15.5 Å². The van der Waals surface area contributed by atoms with Gasteiger partial charge in [-0.2, -0.15) is 0 Å². The number of nitrogens with one attached hydrogen (secondary N) is 1. The quantitative estimate of drug-likeness (QED) is 0.531. The molecule has 2 saturated carbocycles. The number of hydrogen-bond acceptors (Lipinski definition) is 3. The Hall–Kier alpha value is -0.120. The number of hydrogen-bond donors (Lipinski definition) is 3. The zero-order valence-corrected chi connectivity index (χ0v) is 7.74. The summed E-state index contributed by atoms with van der Waals surface area (Å²) in [7, 11) is 0. The standard InChI is InChI=1S/C10H17NO2/c12-7-5-11-10(3-4-10)8(9(7)13)6-1-2-6/h6-9,11-13H,1-5H2/t7-,8-,9+/m1/s1. The van der Waals surface area contributed by atoms with Crippen LogP contribution in [0.4, 0.5) is 0 Å². The minimum atomic E-state index is -0.545. The van der Waals surface area contributed by atoms with Gasteiger partial charge in [0.15, 0.2) is 0 Å². The van der Waals surface area contributed by atoms with Crippen LogP contribution in [0.3, 0.4) is 0 Å². The Morgan fingerprint density at radius 1 is 1.15 bits per heavy atom. The van der Waals surface area contributed by atoms with Crippen molar-refractivity contribution < 1.29 is 10.2 Å². The van der Waals surface area contributed by atoms with E-state index in [9.17, 15) is 10.2 Å². The van der Waals surface area contributed by atoms with Gasteiger partial charge >= 0.3 is 0 Å². The smallest absolute Gasteiger partial charge is 0.0926 e. The maximum absolute atomic E-state index is 9.93. The lowest BCUT2D eigenvalue weighted by molar-refractivity contribution is -0.0642. The highest BCUT2D eigenvalue weighted by molar-refractivity contribution is 5.16. The van der Waals surface area contributed by atoms with Crippen LogP contribution < -0.4 is 5.32 Å². The molecule has 0 unspecified atom stereocenters. The van der Waals surface area contributed by atoms with Gasteiger partial charge in [0.1, 0.15) is 0 Å². The molecule has 1 heterocycles. The van der Waals surface area contributed by atoms with Gasteiger partial charge in [0.25, 0.3) is 0 Å². The van der Waals surface area contributed by atoms with Gasteiger partial charge in [-0.05, 0) is 31.6 Å². The van der Waals surface area contributed by atoms with Crippen LogP contribution in [-0.2, 0) is 0 Å². The molecule has 1 saturated heterocycles. The molecule has 1 aliphatic heterocycles. The Morgan fingerprint density at radius 3 is 2.38 bits per heavy atom. The second-order valence-electron chi connectivity index (χ2n) is 4.96. The summed E-state index contributed by atoms with van der Waals surface area (Å²) in [5.41, 5.74) is 0.222. The van der Waals surface area contributed by atoms with Gasteiger partial charge in [0, 0.05) is 18.0 Å². The molecule has 3 aliphatic rings. The van der Waals surface area contributed by atoms with Crippen molar-refractivity contribution in [3.05, 3.63) is 0 Å². The molecule has 3 atom stereocenters. The fourth-order valence-corrected chi connectivity index (χ4v) is 2.94. The normalized spacial score (nSPS) is 48.0. The predicted octanol–water partition coefficient (Wildman–Crippen LogP) is -0.130. The highest BCUT2D eigenvalue weighted by atomic mass is 16.3. The van der Waals surface area contributed by atoms with Gasteiger partial charge in [0.05, 0.1) is 12.2 Å². The maximum Gasteiger partial charge on any atom is 0.0926 e. The lowest BCUT2D eigenvalue weighted by atomic mass is 9.81. The lowest BCUT2D eigenvalue weighted by Gasteiger charge is -2.40. The van der Waals surface area contributed by atoms with Crippen LogP contribution in [0.2, 0.25) is 0 Å². The van der Waals surface area contributed by atoms with Gasteiger partial charge in [-0.25, -0.2) is 0 Å². The minimum Gasteiger partial charge on any atom is -0.390 e. The van der Waals surface area contributed by atoms with E-state index in [1.807, 2.05) is 0 Å². The number of aliphatic hydroxyl groups excluding tert-OH is 2. The fraction of sp³-hybridized carbons (Fsp3) is 1.00. The minimum absolute atomic E-state index is 0.222. The highest BCUT2D eigenvalue weighted by Crippen LogP contribution is 2.55. The van der Waals surface area contributed by atoms with Crippen molar-refractivity contribution in [3.8, 4) is 0 Å². The third-order valence-corrected chi connectivity index (χ3v) is 3.98. The first kappa shape index (κ1) is 8.21. The maximum atomic E-state index is 9.93.